The zero-order valence-corrected chi connectivity index (χ0v) is 13.3. The van der Waals surface area contributed by atoms with E-state index in [1.807, 2.05) is 0 Å². The van der Waals surface area contributed by atoms with Crippen LogP contribution in [0.5, 0.6) is 0 Å². The molecule has 0 saturated carbocycles. The van der Waals surface area contributed by atoms with E-state index < -0.39 is 40.4 Å². The molecular formula is C14H13N3O4S2. The second kappa shape index (κ2) is 5.36. The molecule has 120 valence electrons. The lowest BCUT2D eigenvalue weighted by Gasteiger charge is -2.28. The van der Waals surface area contributed by atoms with Gasteiger partial charge < -0.3 is 5.11 Å². The number of fused-ring (bicyclic) bond motifs is 1. The van der Waals surface area contributed by atoms with Gasteiger partial charge in [0, 0.05) is 27.8 Å². The van der Waals surface area contributed by atoms with Gasteiger partial charge in [-0.05, 0) is 19.0 Å². The Balaban J connectivity index is 2.02. The number of aromatic nitrogens is 1. The van der Waals surface area contributed by atoms with Gasteiger partial charge in [-0.1, -0.05) is 12.1 Å². The van der Waals surface area contributed by atoms with Gasteiger partial charge in [0.2, 0.25) is 0 Å². The molecule has 23 heavy (non-hydrogen) atoms. The predicted octanol–water partition coefficient (Wildman–Crippen LogP) is 1.95. The maximum Gasteiger partial charge on any atom is 0.278 e. The number of hydrogen-bond donors (Lipinski definition) is 2. The normalized spacial score (nSPS) is 19.3. The van der Waals surface area contributed by atoms with Crippen LogP contribution in [-0.4, -0.2) is 35.8 Å². The van der Waals surface area contributed by atoms with E-state index >= 15 is 0 Å². The number of carbonyl (C=O) groups excluding carboxylic acids is 1. The first-order valence-corrected chi connectivity index (χ1v) is 8.51. The number of likely N-dealkylation sites (N-methyl/N-ethyl adjacent to an activating group) is 1. The first-order valence-electron chi connectivity index (χ1n) is 8.25. The van der Waals surface area contributed by atoms with Crippen LogP contribution in [0, 0.1) is 6.85 Å². The highest BCUT2D eigenvalue weighted by Crippen LogP contribution is 2.34. The smallest absolute Gasteiger partial charge is 0.278 e. The van der Waals surface area contributed by atoms with Gasteiger partial charge in [-0.3, -0.25) is 14.4 Å². The largest absolute Gasteiger partial charge is 0.505 e. The van der Waals surface area contributed by atoms with E-state index in [2.05, 4.69) is 10.3 Å². The molecule has 1 aliphatic heterocycles. The van der Waals surface area contributed by atoms with Gasteiger partial charge >= 0.3 is 0 Å². The molecular weight excluding hydrogens is 338 g/mol. The van der Waals surface area contributed by atoms with Gasteiger partial charge in [-0.15, -0.1) is 11.3 Å². The molecule has 0 saturated heterocycles. The minimum Gasteiger partial charge on any atom is -0.505 e. The lowest BCUT2D eigenvalue weighted by Crippen LogP contribution is -2.37. The molecule has 0 spiro atoms. The molecule has 3 rings (SSSR count). The van der Waals surface area contributed by atoms with Gasteiger partial charge in [0.25, 0.3) is 15.9 Å². The van der Waals surface area contributed by atoms with E-state index in [1.165, 1.54) is 24.3 Å². The summed E-state index contributed by atoms with van der Waals surface area (Å²) in [6.07, 6.45) is -0.511. The number of aliphatic hydroxyl groups excluding tert-OH is 1. The highest BCUT2D eigenvalue weighted by Gasteiger charge is 2.37. The van der Waals surface area contributed by atoms with Gasteiger partial charge in [-0.2, -0.15) is 0 Å². The molecule has 0 aliphatic carbocycles. The maximum absolute atomic E-state index is 12.6. The van der Waals surface area contributed by atoms with Crippen molar-refractivity contribution in [3.05, 3.63) is 46.6 Å². The van der Waals surface area contributed by atoms with Crippen molar-refractivity contribution >= 4 is 38.2 Å². The van der Waals surface area contributed by atoms with Crippen molar-refractivity contribution in [2.45, 2.75) is 11.7 Å². The van der Waals surface area contributed by atoms with Crippen molar-refractivity contribution < 1.29 is 23.8 Å². The third-order valence-electron chi connectivity index (χ3n) is 3.21. The highest BCUT2D eigenvalue weighted by molar-refractivity contribution is 7.89. The quantitative estimate of drug-likeness (QED) is 0.858. The monoisotopic (exact) mass is 355 g/mol. The number of nitrogens with zero attached hydrogens (tertiary/aromatic N) is 2. The van der Waals surface area contributed by atoms with E-state index in [-0.39, 0.29) is 20.5 Å². The second-order valence-corrected chi connectivity index (χ2v) is 7.52. The minimum atomic E-state index is -4.06. The standard InChI is InChI=1S/C14H13N3O4S2/c1-8-7-15-14(22-8)16-13(19)11-12(18)9-5-3-4-6-10(9)23(20,21)17(11)2/h3-7,18H,1-2H3,(H,15,16,19)/i1D3,7D. The van der Waals surface area contributed by atoms with Crippen molar-refractivity contribution in [3.8, 4) is 0 Å². The zero-order valence-electron chi connectivity index (χ0n) is 15.7. The molecule has 1 aromatic heterocycles. The van der Waals surface area contributed by atoms with Gasteiger partial charge in [0.1, 0.15) is 0 Å². The van der Waals surface area contributed by atoms with Crippen molar-refractivity contribution in [1.82, 2.24) is 9.29 Å². The molecule has 0 atom stereocenters. The SMILES string of the molecule is [2H]c1nc(NC(=O)C2=C(O)c3ccccc3S(=O)(=O)N2C)sc1C([2H])([2H])[2H]. The Hall–Kier alpha value is -2.39. The van der Waals surface area contributed by atoms with E-state index in [0.717, 1.165) is 7.05 Å². The van der Waals surface area contributed by atoms with Crippen LogP contribution in [0.1, 0.15) is 15.9 Å². The van der Waals surface area contributed by atoms with Crippen molar-refractivity contribution in [2.75, 3.05) is 12.4 Å². The molecule has 2 N–H and O–H groups in total. The zero-order chi connectivity index (χ0) is 20.1. The first-order chi connectivity index (χ1) is 12.4. The number of carbonyl (C=O) groups is 1. The predicted molar refractivity (Wildman–Crippen MR) is 86.4 cm³/mol. The lowest BCUT2D eigenvalue weighted by atomic mass is 10.1. The average Bonchev–Trinajstić information content (AvgIpc) is 2.94. The van der Waals surface area contributed by atoms with Crippen LogP contribution < -0.4 is 5.32 Å². The number of anilines is 1. The van der Waals surface area contributed by atoms with Crippen LogP contribution >= 0.6 is 11.3 Å². The van der Waals surface area contributed by atoms with E-state index in [9.17, 15) is 18.3 Å². The number of thiazole rings is 1. The van der Waals surface area contributed by atoms with Crippen LogP contribution in [0.15, 0.2) is 41.0 Å². The molecule has 1 aliphatic rings. The summed E-state index contributed by atoms with van der Waals surface area (Å²) in [6.45, 7) is -2.57. The molecule has 2 heterocycles. The van der Waals surface area contributed by atoms with Crippen LogP contribution in [0.25, 0.3) is 5.76 Å². The van der Waals surface area contributed by atoms with Gasteiger partial charge in [0.15, 0.2) is 16.6 Å². The fraction of sp³-hybridized carbons (Fsp3) is 0.143. The second-order valence-electron chi connectivity index (χ2n) is 4.58. The Kier molecular flexibility index (Phi) is 2.61. The van der Waals surface area contributed by atoms with E-state index in [1.54, 1.807) is 0 Å². The van der Waals surface area contributed by atoms with E-state index in [0.29, 0.717) is 15.6 Å². The molecule has 0 bridgehead atoms. The molecule has 1 amide bonds. The Morgan fingerprint density at radius 1 is 1.48 bits per heavy atom. The summed E-state index contributed by atoms with van der Waals surface area (Å²) in [6, 6.07) is 5.67. The summed E-state index contributed by atoms with van der Waals surface area (Å²) in [4.78, 5) is 15.8. The van der Waals surface area contributed by atoms with Gasteiger partial charge in [-0.25, -0.2) is 13.4 Å². The van der Waals surface area contributed by atoms with Gasteiger partial charge in [0.05, 0.1) is 6.27 Å². The average molecular weight is 355 g/mol. The summed E-state index contributed by atoms with van der Waals surface area (Å²) in [5.41, 5.74) is -0.560. The van der Waals surface area contributed by atoms with Crippen molar-refractivity contribution in [2.24, 2.45) is 0 Å². The maximum atomic E-state index is 12.6. The summed E-state index contributed by atoms with van der Waals surface area (Å²) in [5.74, 6) is -1.54. The number of aryl methyl sites for hydroxylation is 1. The first kappa shape index (κ1) is 11.2. The molecule has 1 aromatic carbocycles. The minimum absolute atomic E-state index is 0.0238. The molecule has 0 unspecified atom stereocenters. The van der Waals surface area contributed by atoms with Crippen molar-refractivity contribution in [3.63, 3.8) is 0 Å². The molecule has 2 aromatic rings. The third kappa shape index (κ3) is 2.47. The number of aliphatic hydroxyl groups is 1. The van der Waals surface area contributed by atoms with E-state index in [4.69, 9.17) is 5.48 Å². The number of benzene rings is 1. The number of amides is 1. The van der Waals surface area contributed by atoms with Crippen LogP contribution in [0.3, 0.4) is 0 Å². The topological polar surface area (TPSA) is 99.6 Å². The highest BCUT2D eigenvalue weighted by atomic mass is 32.2. The summed E-state index contributed by atoms with van der Waals surface area (Å²) >= 11 is 0.581. The molecule has 7 nitrogen and oxygen atoms in total. The third-order valence-corrected chi connectivity index (χ3v) is 5.71. The van der Waals surface area contributed by atoms with Crippen LogP contribution in [0.2, 0.25) is 0 Å². The number of sulfonamides is 1. The summed E-state index contributed by atoms with van der Waals surface area (Å²) in [5, 5.41) is 12.5. The van der Waals surface area contributed by atoms with Crippen LogP contribution in [0.4, 0.5) is 5.13 Å². The Morgan fingerprint density at radius 3 is 2.91 bits per heavy atom. The Labute approximate surface area is 142 Å². The van der Waals surface area contributed by atoms with Crippen LogP contribution in [-0.2, 0) is 14.8 Å². The lowest BCUT2D eigenvalue weighted by molar-refractivity contribution is -0.113. The number of hydrogen-bond acceptors (Lipinski definition) is 6. The Bertz CT molecular complexity index is 1080. The fourth-order valence-electron chi connectivity index (χ4n) is 2.14. The summed E-state index contributed by atoms with van der Waals surface area (Å²) < 4.78 is 55.4. The summed E-state index contributed by atoms with van der Waals surface area (Å²) in [7, 11) is -2.94. The molecule has 0 radical (unpaired) electrons. The van der Waals surface area contributed by atoms with Crippen molar-refractivity contribution in [1.29, 1.82) is 0 Å². The fourth-order valence-corrected chi connectivity index (χ4v) is 4.05. The number of rotatable bonds is 2. The Morgan fingerprint density at radius 2 is 2.22 bits per heavy atom. The molecule has 0 fully saturated rings. The number of nitrogens with one attached hydrogen (secondary N) is 1. The molecule has 9 heteroatoms.